The molecule has 2 aliphatic rings. The molecule has 1 unspecified atom stereocenters. The van der Waals surface area contributed by atoms with Gasteiger partial charge in [-0.2, -0.15) is 0 Å². The number of hydrogen-bond donors (Lipinski definition) is 1. The Labute approximate surface area is 145 Å². The van der Waals surface area contributed by atoms with E-state index in [0.717, 1.165) is 45.2 Å². The number of methoxy groups -OCH3 is 1. The Morgan fingerprint density at radius 3 is 2.92 bits per heavy atom. The number of nitrogens with one attached hydrogen (secondary N) is 1. The fourth-order valence-corrected chi connectivity index (χ4v) is 3.85. The summed E-state index contributed by atoms with van der Waals surface area (Å²) in [6.07, 6.45) is 3.64. The van der Waals surface area contributed by atoms with Gasteiger partial charge in [-0.1, -0.05) is 24.3 Å². The molecule has 0 bridgehead atoms. The molecule has 0 amide bonds. The Balaban J connectivity index is 1.54. The molecule has 2 aliphatic heterocycles. The van der Waals surface area contributed by atoms with E-state index in [1.165, 1.54) is 30.5 Å². The highest BCUT2D eigenvalue weighted by molar-refractivity contribution is 5.80. The third kappa shape index (κ3) is 4.08. The standard InChI is InChI=1S/C19H30N4O/c1-20-19(21-14-18-8-5-10-22(18)12-13-24-2)23-11-9-16-6-3-4-7-17(16)15-23/h3-4,6-7,18H,5,8-15H2,1-2H3,(H,20,21). The highest BCUT2D eigenvalue weighted by atomic mass is 16.5. The second-order valence-corrected chi connectivity index (χ2v) is 6.69. The molecule has 1 atom stereocenters. The lowest BCUT2D eigenvalue weighted by Crippen LogP contribution is -2.48. The van der Waals surface area contributed by atoms with Crippen molar-refractivity contribution in [3.8, 4) is 0 Å². The van der Waals surface area contributed by atoms with E-state index in [1.54, 1.807) is 7.11 Å². The molecule has 5 nitrogen and oxygen atoms in total. The predicted octanol–water partition coefficient (Wildman–Crippen LogP) is 1.73. The van der Waals surface area contributed by atoms with Gasteiger partial charge < -0.3 is 15.0 Å². The van der Waals surface area contributed by atoms with Gasteiger partial charge >= 0.3 is 0 Å². The normalized spacial score (nSPS) is 21.8. The molecule has 0 saturated carbocycles. The Hall–Kier alpha value is -1.59. The number of fused-ring (bicyclic) bond motifs is 1. The number of benzene rings is 1. The first-order chi connectivity index (χ1) is 11.8. The summed E-state index contributed by atoms with van der Waals surface area (Å²) in [5.74, 6) is 1.03. The van der Waals surface area contributed by atoms with Crippen LogP contribution in [0.1, 0.15) is 24.0 Å². The zero-order valence-corrected chi connectivity index (χ0v) is 15.0. The largest absolute Gasteiger partial charge is 0.383 e. The molecule has 0 aromatic heterocycles. The summed E-state index contributed by atoms with van der Waals surface area (Å²) in [6.45, 7) is 5.98. The van der Waals surface area contributed by atoms with Gasteiger partial charge in [-0.05, 0) is 36.9 Å². The summed E-state index contributed by atoms with van der Waals surface area (Å²) >= 11 is 0. The molecule has 1 saturated heterocycles. The molecule has 2 heterocycles. The van der Waals surface area contributed by atoms with Crippen LogP contribution in [-0.4, -0.2) is 68.7 Å². The highest BCUT2D eigenvalue weighted by Crippen LogP contribution is 2.19. The summed E-state index contributed by atoms with van der Waals surface area (Å²) < 4.78 is 5.23. The van der Waals surface area contributed by atoms with Crippen molar-refractivity contribution in [1.82, 2.24) is 15.1 Å². The maximum Gasteiger partial charge on any atom is 0.194 e. The van der Waals surface area contributed by atoms with Crippen molar-refractivity contribution in [3.63, 3.8) is 0 Å². The van der Waals surface area contributed by atoms with Crippen molar-refractivity contribution in [2.75, 3.05) is 46.9 Å². The van der Waals surface area contributed by atoms with Crippen LogP contribution in [-0.2, 0) is 17.7 Å². The molecule has 1 aromatic rings. The van der Waals surface area contributed by atoms with E-state index in [1.807, 2.05) is 7.05 Å². The van der Waals surface area contributed by atoms with E-state index < -0.39 is 0 Å². The molecule has 24 heavy (non-hydrogen) atoms. The van der Waals surface area contributed by atoms with E-state index in [-0.39, 0.29) is 0 Å². The maximum absolute atomic E-state index is 5.23. The van der Waals surface area contributed by atoms with Gasteiger partial charge in [-0.3, -0.25) is 9.89 Å². The van der Waals surface area contributed by atoms with Crippen LogP contribution < -0.4 is 5.32 Å². The topological polar surface area (TPSA) is 40.1 Å². The number of ether oxygens (including phenoxy) is 1. The van der Waals surface area contributed by atoms with Crippen molar-refractivity contribution in [1.29, 1.82) is 0 Å². The minimum atomic E-state index is 0.592. The Morgan fingerprint density at radius 2 is 2.12 bits per heavy atom. The monoisotopic (exact) mass is 330 g/mol. The Kier molecular flexibility index (Phi) is 6.10. The van der Waals surface area contributed by atoms with Crippen LogP contribution in [0, 0.1) is 0 Å². The summed E-state index contributed by atoms with van der Waals surface area (Å²) in [5.41, 5.74) is 2.90. The van der Waals surface area contributed by atoms with Crippen molar-refractivity contribution >= 4 is 5.96 Å². The van der Waals surface area contributed by atoms with Crippen LogP contribution in [0.15, 0.2) is 29.3 Å². The second-order valence-electron chi connectivity index (χ2n) is 6.69. The summed E-state index contributed by atoms with van der Waals surface area (Å²) in [5, 5.41) is 3.61. The second kappa shape index (κ2) is 8.49. The lowest BCUT2D eigenvalue weighted by molar-refractivity contribution is 0.141. The van der Waals surface area contributed by atoms with Gasteiger partial charge in [-0.15, -0.1) is 0 Å². The molecule has 5 heteroatoms. The lowest BCUT2D eigenvalue weighted by Gasteiger charge is -2.33. The molecule has 0 aliphatic carbocycles. The molecule has 0 radical (unpaired) electrons. The zero-order valence-electron chi connectivity index (χ0n) is 15.0. The molecular weight excluding hydrogens is 300 g/mol. The van der Waals surface area contributed by atoms with Crippen LogP contribution in [0.4, 0.5) is 0 Å². The van der Waals surface area contributed by atoms with Gasteiger partial charge in [0.1, 0.15) is 0 Å². The molecule has 1 fully saturated rings. The first-order valence-electron chi connectivity index (χ1n) is 9.07. The van der Waals surface area contributed by atoms with Gasteiger partial charge in [0.05, 0.1) is 6.61 Å². The first-order valence-corrected chi connectivity index (χ1v) is 9.07. The molecule has 132 valence electrons. The fourth-order valence-electron chi connectivity index (χ4n) is 3.85. The molecule has 0 spiro atoms. The van der Waals surface area contributed by atoms with E-state index in [4.69, 9.17) is 4.74 Å². The average Bonchev–Trinajstić information content (AvgIpc) is 3.07. The number of guanidine groups is 1. The van der Waals surface area contributed by atoms with E-state index in [9.17, 15) is 0 Å². The highest BCUT2D eigenvalue weighted by Gasteiger charge is 2.25. The minimum absolute atomic E-state index is 0.592. The van der Waals surface area contributed by atoms with Crippen LogP contribution in [0.2, 0.25) is 0 Å². The molecule has 1 N–H and O–H groups in total. The van der Waals surface area contributed by atoms with Crippen molar-refractivity contribution < 1.29 is 4.74 Å². The minimum Gasteiger partial charge on any atom is -0.383 e. The van der Waals surface area contributed by atoms with E-state index in [0.29, 0.717) is 6.04 Å². The van der Waals surface area contributed by atoms with Crippen LogP contribution >= 0.6 is 0 Å². The van der Waals surface area contributed by atoms with Crippen LogP contribution in [0.5, 0.6) is 0 Å². The zero-order chi connectivity index (χ0) is 16.8. The first kappa shape index (κ1) is 17.2. The lowest BCUT2D eigenvalue weighted by atomic mass is 10.0. The summed E-state index contributed by atoms with van der Waals surface area (Å²) in [7, 11) is 3.67. The third-order valence-electron chi connectivity index (χ3n) is 5.22. The predicted molar refractivity (Wildman–Crippen MR) is 98.4 cm³/mol. The van der Waals surface area contributed by atoms with Gasteiger partial charge in [-0.25, -0.2) is 0 Å². The van der Waals surface area contributed by atoms with Crippen LogP contribution in [0.3, 0.4) is 0 Å². The third-order valence-corrected chi connectivity index (χ3v) is 5.22. The SMILES string of the molecule is CN=C(NCC1CCCN1CCOC)N1CCc2ccccc2C1. The molecule has 1 aromatic carbocycles. The van der Waals surface area contributed by atoms with Gasteiger partial charge in [0.15, 0.2) is 5.96 Å². The molecule has 3 rings (SSSR count). The van der Waals surface area contributed by atoms with Crippen molar-refractivity contribution in [2.24, 2.45) is 4.99 Å². The quantitative estimate of drug-likeness (QED) is 0.659. The number of rotatable bonds is 5. The Morgan fingerprint density at radius 1 is 1.29 bits per heavy atom. The summed E-state index contributed by atoms with van der Waals surface area (Å²) in [4.78, 5) is 9.43. The Bertz CT molecular complexity index is 560. The number of nitrogens with zero attached hydrogens (tertiary/aromatic N) is 3. The van der Waals surface area contributed by atoms with Crippen molar-refractivity contribution in [3.05, 3.63) is 35.4 Å². The fraction of sp³-hybridized carbons (Fsp3) is 0.632. The maximum atomic E-state index is 5.23. The van der Waals surface area contributed by atoms with Crippen LogP contribution in [0.25, 0.3) is 0 Å². The molecular formula is C19H30N4O. The number of likely N-dealkylation sites (tertiary alicyclic amines) is 1. The average molecular weight is 330 g/mol. The van der Waals surface area contributed by atoms with Gasteiger partial charge in [0.25, 0.3) is 0 Å². The van der Waals surface area contributed by atoms with Gasteiger partial charge in [0, 0.05) is 46.4 Å². The van der Waals surface area contributed by atoms with E-state index in [2.05, 4.69) is 44.4 Å². The van der Waals surface area contributed by atoms with E-state index >= 15 is 0 Å². The summed E-state index contributed by atoms with van der Waals surface area (Å²) in [6, 6.07) is 9.34. The smallest absolute Gasteiger partial charge is 0.194 e. The van der Waals surface area contributed by atoms with Gasteiger partial charge in [0.2, 0.25) is 0 Å². The number of aliphatic imine (C=N–C) groups is 1. The van der Waals surface area contributed by atoms with Crippen molar-refractivity contribution in [2.45, 2.75) is 31.8 Å². The number of hydrogen-bond acceptors (Lipinski definition) is 3.